The van der Waals surface area contributed by atoms with Crippen molar-refractivity contribution in [2.75, 3.05) is 0 Å². The van der Waals surface area contributed by atoms with Gasteiger partial charge in [-0.3, -0.25) is 0 Å². The van der Waals surface area contributed by atoms with Crippen LogP contribution in [0.1, 0.15) is 25.3 Å². The van der Waals surface area contributed by atoms with E-state index in [0.29, 0.717) is 11.1 Å². The van der Waals surface area contributed by atoms with Gasteiger partial charge in [0, 0.05) is 22.8 Å². The Morgan fingerprint density at radius 1 is 1.16 bits per heavy atom. The Morgan fingerprint density at radius 3 is 2.74 bits per heavy atom. The molecule has 0 fully saturated rings. The Kier molecular flexibility index (Phi) is 3.03. The van der Waals surface area contributed by atoms with Crippen LogP contribution >= 0.6 is 11.6 Å². The van der Waals surface area contributed by atoms with Gasteiger partial charge in [-0.2, -0.15) is 0 Å². The number of fused-ring (bicyclic) bond motifs is 1. The summed E-state index contributed by atoms with van der Waals surface area (Å²) in [6.45, 7) is 4.42. The van der Waals surface area contributed by atoms with Crippen molar-refractivity contribution in [1.82, 2.24) is 9.97 Å². The highest BCUT2D eigenvalue weighted by molar-refractivity contribution is 6.30. The largest absolute Gasteiger partial charge is 0.354 e. The first kappa shape index (κ1) is 12.2. The minimum absolute atomic E-state index is 0.490. The maximum atomic E-state index is 5.92. The zero-order valence-electron chi connectivity index (χ0n) is 10.9. The van der Waals surface area contributed by atoms with Crippen LogP contribution in [-0.4, -0.2) is 9.97 Å². The van der Waals surface area contributed by atoms with Gasteiger partial charge in [-0.15, -0.1) is 0 Å². The van der Waals surface area contributed by atoms with Crippen LogP contribution in [-0.2, 0) is 0 Å². The summed E-state index contributed by atoms with van der Waals surface area (Å²) in [6, 6.07) is 12.5. The molecule has 0 saturated carbocycles. The van der Waals surface area contributed by atoms with E-state index in [1.807, 2.05) is 6.07 Å². The molecule has 1 N–H and O–H groups in total. The van der Waals surface area contributed by atoms with Gasteiger partial charge in [0.1, 0.15) is 5.15 Å². The smallest absolute Gasteiger partial charge is 0.131 e. The SMILES string of the molecule is CC(C)c1ccccc1-c1cc2cnc(Cl)cc2[nH]1. The second kappa shape index (κ2) is 4.71. The molecule has 0 bridgehead atoms. The number of H-pyrrole nitrogens is 1. The summed E-state index contributed by atoms with van der Waals surface area (Å²) in [7, 11) is 0. The third-order valence-corrected chi connectivity index (χ3v) is 3.55. The molecule has 0 unspecified atom stereocenters. The van der Waals surface area contributed by atoms with Crippen LogP contribution in [0.2, 0.25) is 5.15 Å². The molecule has 0 spiro atoms. The van der Waals surface area contributed by atoms with E-state index in [1.54, 1.807) is 6.20 Å². The van der Waals surface area contributed by atoms with Gasteiger partial charge in [-0.05, 0) is 23.6 Å². The molecule has 0 saturated heterocycles. The lowest BCUT2D eigenvalue weighted by atomic mass is 9.95. The molecule has 3 rings (SSSR count). The third-order valence-electron chi connectivity index (χ3n) is 3.34. The topological polar surface area (TPSA) is 28.7 Å². The molecular formula is C16H15ClN2. The third kappa shape index (κ3) is 2.24. The van der Waals surface area contributed by atoms with Gasteiger partial charge in [0.25, 0.3) is 0 Å². The number of pyridine rings is 1. The molecule has 2 aromatic heterocycles. The minimum Gasteiger partial charge on any atom is -0.354 e. The zero-order chi connectivity index (χ0) is 13.4. The number of benzene rings is 1. The summed E-state index contributed by atoms with van der Waals surface area (Å²) >= 11 is 5.92. The average Bonchev–Trinajstić information content (AvgIpc) is 2.81. The Labute approximate surface area is 117 Å². The summed E-state index contributed by atoms with van der Waals surface area (Å²) in [5.41, 5.74) is 4.72. The number of hydrogen-bond donors (Lipinski definition) is 1. The monoisotopic (exact) mass is 270 g/mol. The normalized spacial score (nSPS) is 11.4. The first-order chi connectivity index (χ1) is 9.15. The van der Waals surface area contributed by atoms with E-state index in [1.165, 1.54) is 11.1 Å². The highest BCUT2D eigenvalue weighted by Gasteiger charge is 2.10. The fourth-order valence-electron chi connectivity index (χ4n) is 2.39. The number of rotatable bonds is 2. The van der Waals surface area contributed by atoms with Gasteiger partial charge in [0.2, 0.25) is 0 Å². The van der Waals surface area contributed by atoms with E-state index >= 15 is 0 Å². The van der Waals surface area contributed by atoms with Crippen LogP contribution in [0.25, 0.3) is 22.2 Å². The van der Waals surface area contributed by atoms with Gasteiger partial charge in [0.15, 0.2) is 0 Å². The Bertz CT molecular complexity index is 728. The van der Waals surface area contributed by atoms with Gasteiger partial charge in [0.05, 0.1) is 5.52 Å². The summed E-state index contributed by atoms with van der Waals surface area (Å²) in [5.74, 6) is 0.490. The lowest BCUT2D eigenvalue weighted by Crippen LogP contribution is -1.91. The highest BCUT2D eigenvalue weighted by Crippen LogP contribution is 2.31. The lowest BCUT2D eigenvalue weighted by Gasteiger charge is -2.10. The molecule has 1 aromatic carbocycles. The van der Waals surface area contributed by atoms with Crippen molar-refractivity contribution in [2.45, 2.75) is 19.8 Å². The molecule has 96 valence electrons. The van der Waals surface area contributed by atoms with Gasteiger partial charge < -0.3 is 4.98 Å². The molecule has 0 aliphatic rings. The zero-order valence-corrected chi connectivity index (χ0v) is 11.7. The average molecular weight is 271 g/mol. The second-order valence-corrected chi connectivity index (χ2v) is 5.41. The van der Waals surface area contributed by atoms with E-state index in [9.17, 15) is 0 Å². The number of aromatic nitrogens is 2. The van der Waals surface area contributed by atoms with Gasteiger partial charge in [-0.25, -0.2) is 4.98 Å². The standard InChI is InChI=1S/C16H15ClN2/c1-10(2)12-5-3-4-6-13(12)15-7-11-9-18-16(17)8-14(11)19-15/h3-10,19H,1-2H3. The van der Waals surface area contributed by atoms with Crippen LogP contribution in [0.4, 0.5) is 0 Å². The van der Waals surface area contributed by atoms with Crippen molar-refractivity contribution >= 4 is 22.5 Å². The number of halogens is 1. The number of aromatic amines is 1. The first-order valence-electron chi connectivity index (χ1n) is 6.38. The van der Waals surface area contributed by atoms with Crippen LogP contribution in [0.3, 0.4) is 0 Å². The summed E-state index contributed by atoms with van der Waals surface area (Å²) in [4.78, 5) is 7.54. The predicted octanol–water partition coefficient (Wildman–Crippen LogP) is 5.01. The van der Waals surface area contributed by atoms with E-state index in [2.05, 4.69) is 54.1 Å². The van der Waals surface area contributed by atoms with Crippen molar-refractivity contribution in [1.29, 1.82) is 0 Å². The van der Waals surface area contributed by atoms with Crippen LogP contribution in [0.5, 0.6) is 0 Å². The lowest BCUT2D eigenvalue weighted by molar-refractivity contribution is 0.868. The molecule has 3 heteroatoms. The van der Waals surface area contributed by atoms with Crippen molar-refractivity contribution in [3.05, 3.63) is 53.3 Å². The quantitative estimate of drug-likeness (QED) is 0.652. The number of nitrogens with one attached hydrogen (secondary N) is 1. The van der Waals surface area contributed by atoms with E-state index in [0.717, 1.165) is 16.6 Å². The maximum absolute atomic E-state index is 5.92. The molecule has 2 heterocycles. The molecule has 2 nitrogen and oxygen atoms in total. The molecule has 3 aromatic rings. The summed E-state index contributed by atoms with van der Waals surface area (Å²) in [5, 5.41) is 1.59. The molecule has 19 heavy (non-hydrogen) atoms. The van der Waals surface area contributed by atoms with Crippen molar-refractivity contribution in [3.63, 3.8) is 0 Å². The highest BCUT2D eigenvalue weighted by atomic mass is 35.5. The molecule has 0 aliphatic carbocycles. The van der Waals surface area contributed by atoms with Crippen molar-refractivity contribution in [3.8, 4) is 11.3 Å². The van der Waals surface area contributed by atoms with Crippen LogP contribution < -0.4 is 0 Å². The molecule has 0 atom stereocenters. The molecular weight excluding hydrogens is 256 g/mol. The minimum atomic E-state index is 0.490. The maximum Gasteiger partial charge on any atom is 0.131 e. The Morgan fingerprint density at radius 2 is 1.95 bits per heavy atom. The van der Waals surface area contributed by atoms with Gasteiger partial charge >= 0.3 is 0 Å². The fraction of sp³-hybridized carbons (Fsp3) is 0.188. The van der Waals surface area contributed by atoms with Crippen LogP contribution in [0, 0.1) is 0 Å². The molecule has 0 radical (unpaired) electrons. The predicted molar refractivity (Wildman–Crippen MR) is 80.6 cm³/mol. The number of hydrogen-bond acceptors (Lipinski definition) is 1. The van der Waals surface area contributed by atoms with E-state index in [4.69, 9.17) is 11.6 Å². The fourth-order valence-corrected chi connectivity index (χ4v) is 2.55. The van der Waals surface area contributed by atoms with E-state index < -0.39 is 0 Å². The molecule has 0 aliphatic heterocycles. The summed E-state index contributed by atoms with van der Waals surface area (Å²) in [6.07, 6.45) is 1.80. The Balaban J connectivity index is 2.19. The molecule has 0 amide bonds. The van der Waals surface area contributed by atoms with Crippen LogP contribution in [0.15, 0.2) is 42.6 Å². The Hall–Kier alpha value is -1.80. The second-order valence-electron chi connectivity index (χ2n) is 5.02. The van der Waals surface area contributed by atoms with E-state index in [-0.39, 0.29) is 0 Å². The van der Waals surface area contributed by atoms with Crippen molar-refractivity contribution in [2.24, 2.45) is 0 Å². The number of nitrogens with zero attached hydrogens (tertiary/aromatic N) is 1. The summed E-state index contributed by atoms with van der Waals surface area (Å²) < 4.78 is 0. The van der Waals surface area contributed by atoms with Crippen molar-refractivity contribution < 1.29 is 0 Å². The first-order valence-corrected chi connectivity index (χ1v) is 6.76. The van der Waals surface area contributed by atoms with Gasteiger partial charge in [-0.1, -0.05) is 49.7 Å².